The molecule has 2 heterocycles. The van der Waals surface area contributed by atoms with E-state index in [4.69, 9.17) is 4.99 Å². The van der Waals surface area contributed by atoms with E-state index in [-0.39, 0.29) is 0 Å². The number of nitrogens with one attached hydrogen (secondary N) is 1. The lowest BCUT2D eigenvalue weighted by atomic mass is 9.74. The molecule has 0 aromatic heterocycles. The van der Waals surface area contributed by atoms with Crippen LogP contribution in [-0.2, 0) is 0 Å². The van der Waals surface area contributed by atoms with Crippen LogP contribution in [0.4, 0.5) is 0 Å². The predicted octanol–water partition coefficient (Wildman–Crippen LogP) is 4.86. The molecule has 0 radical (unpaired) electrons. The van der Waals surface area contributed by atoms with Gasteiger partial charge in [-0.1, -0.05) is 33.6 Å². The van der Waals surface area contributed by atoms with Crippen LogP contribution in [-0.4, -0.2) is 30.7 Å². The zero-order valence-corrected chi connectivity index (χ0v) is 16.0. The summed E-state index contributed by atoms with van der Waals surface area (Å²) in [6, 6.07) is 1.47. The van der Waals surface area contributed by atoms with Crippen LogP contribution >= 0.6 is 0 Å². The highest BCUT2D eigenvalue weighted by Crippen LogP contribution is 2.44. The van der Waals surface area contributed by atoms with E-state index in [0.29, 0.717) is 6.67 Å². The summed E-state index contributed by atoms with van der Waals surface area (Å²) in [5, 5.41) is 4.15. The molecule has 136 valence electrons. The van der Waals surface area contributed by atoms with Gasteiger partial charge in [0.05, 0.1) is 0 Å². The summed E-state index contributed by atoms with van der Waals surface area (Å²) in [5.74, 6) is 3.28. The van der Waals surface area contributed by atoms with Crippen molar-refractivity contribution in [2.75, 3.05) is 6.67 Å². The van der Waals surface area contributed by atoms with Crippen LogP contribution < -0.4 is 5.32 Å². The van der Waals surface area contributed by atoms with Gasteiger partial charge in [0, 0.05) is 24.0 Å². The molecule has 1 saturated carbocycles. The average Bonchev–Trinajstić information content (AvgIpc) is 2.86. The second-order valence-electron chi connectivity index (χ2n) is 8.59. The number of nitrogens with zero attached hydrogens (tertiary/aromatic N) is 2. The van der Waals surface area contributed by atoms with E-state index in [9.17, 15) is 0 Å². The molecule has 5 unspecified atom stereocenters. The van der Waals surface area contributed by atoms with E-state index in [1.54, 1.807) is 0 Å². The van der Waals surface area contributed by atoms with Gasteiger partial charge in [0.25, 0.3) is 0 Å². The molecule has 2 fully saturated rings. The van der Waals surface area contributed by atoms with Crippen molar-refractivity contribution >= 4 is 11.9 Å². The Morgan fingerprint density at radius 3 is 2.96 bits per heavy atom. The van der Waals surface area contributed by atoms with Crippen molar-refractivity contribution in [2.45, 2.75) is 90.6 Å². The van der Waals surface area contributed by atoms with Crippen LogP contribution in [0.2, 0.25) is 0 Å². The van der Waals surface area contributed by atoms with E-state index in [2.05, 4.69) is 37.3 Å². The molecule has 0 aromatic carbocycles. The Morgan fingerprint density at radius 1 is 1.29 bits per heavy atom. The molecule has 3 aliphatic rings. The van der Waals surface area contributed by atoms with Gasteiger partial charge in [0.15, 0.2) is 0 Å². The van der Waals surface area contributed by atoms with Crippen molar-refractivity contribution in [1.29, 1.82) is 0 Å². The minimum absolute atomic E-state index is 0.664. The summed E-state index contributed by atoms with van der Waals surface area (Å²) in [5.41, 5.74) is 1.45. The molecule has 0 amide bonds. The maximum atomic E-state index is 4.82. The molecular weight excluding hydrogens is 294 g/mol. The fourth-order valence-electron chi connectivity index (χ4n) is 5.59. The molecule has 1 saturated heterocycles. The van der Waals surface area contributed by atoms with E-state index < -0.39 is 0 Å². The Kier molecular flexibility index (Phi) is 6.49. The van der Waals surface area contributed by atoms with Gasteiger partial charge in [0.2, 0.25) is 0 Å². The molecule has 3 rings (SSSR count). The standard InChI is InChI=1S/C21H37N3/c1-4-5-9-19-20(15(2)3)18-11-10-17-13-16(21(18)24-19)8-6-7-12-22-14-23-17/h12,15-16,18-21,24H,4-11,13-14H2,1-3H3. The number of hydrogen-bond acceptors (Lipinski definition) is 3. The Morgan fingerprint density at radius 2 is 2.17 bits per heavy atom. The molecular formula is C21H37N3. The van der Waals surface area contributed by atoms with Crippen LogP contribution in [0, 0.1) is 23.7 Å². The van der Waals surface area contributed by atoms with Crippen LogP contribution in [0.15, 0.2) is 9.98 Å². The first-order chi connectivity index (χ1) is 11.7. The third-order valence-corrected chi connectivity index (χ3v) is 6.65. The molecule has 2 aliphatic heterocycles. The second kappa shape index (κ2) is 8.60. The maximum Gasteiger partial charge on any atom is 0.128 e. The molecule has 2 bridgehead atoms. The summed E-state index contributed by atoms with van der Waals surface area (Å²) < 4.78 is 0. The van der Waals surface area contributed by atoms with Crippen molar-refractivity contribution < 1.29 is 0 Å². The minimum atomic E-state index is 0.664. The molecule has 24 heavy (non-hydrogen) atoms. The van der Waals surface area contributed by atoms with Crippen LogP contribution in [0.3, 0.4) is 0 Å². The summed E-state index contributed by atoms with van der Waals surface area (Å²) in [4.78, 5) is 9.27. The molecule has 1 N–H and O–H groups in total. The zero-order valence-electron chi connectivity index (χ0n) is 16.0. The fourth-order valence-corrected chi connectivity index (χ4v) is 5.59. The first-order valence-corrected chi connectivity index (χ1v) is 10.5. The minimum Gasteiger partial charge on any atom is -0.310 e. The largest absolute Gasteiger partial charge is 0.310 e. The quantitative estimate of drug-likeness (QED) is 0.785. The number of hydrogen-bond donors (Lipinski definition) is 1. The van der Waals surface area contributed by atoms with Gasteiger partial charge < -0.3 is 5.32 Å². The second-order valence-corrected chi connectivity index (χ2v) is 8.59. The Hall–Kier alpha value is -0.700. The molecule has 0 aromatic rings. The lowest BCUT2D eigenvalue weighted by Gasteiger charge is -2.29. The number of aliphatic imine (C=N–C) groups is 2. The summed E-state index contributed by atoms with van der Waals surface area (Å²) in [6.07, 6.45) is 13.7. The van der Waals surface area contributed by atoms with Crippen molar-refractivity contribution in [2.24, 2.45) is 33.7 Å². The SMILES string of the molecule is CCCCC1NC2C3CCCC=NCN=C(CCC2C1C(C)C)C3. The number of fused-ring (bicyclic) bond motifs is 4. The summed E-state index contributed by atoms with van der Waals surface area (Å²) >= 11 is 0. The van der Waals surface area contributed by atoms with E-state index in [1.165, 1.54) is 57.1 Å². The van der Waals surface area contributed by atoms with Gasteiger partial charge in [-0.25, -0.2) is 0 Å². The molecule has 5 atom stereocenters. The smallest absolute Gasteiger partial charge is 0.128 e. The van der Waals surface area contributed by atoms with Gasteiger partial charge in [-0.05, 0) is 68.6 Å². The first kappa shape index (κ1) is 18.1. The Bertz CT molecular complexity index is 454. The number of unbranched alkanes of at least 4 members (excludes halogenated alkanes) is 1. The topological polar surface area (TPSA) is 36.8 Å². The lowest BCUT2D eigenvalue weighted by Crippen LogP contribution is -2.38. The first-order valence-electron chi connectivity index (χ1n) is 10.5. The third-order valence-electron chi connectivity index (χ3n) is 6.65. The van der Waals surface area contributed by atoms with Crippen LogP contribution in [0.1, 0.15) is 78.6 Å². The van der Waals surface area contributed by atoms with Gasteiger partial charge >= 0.3 is 0 Å². The van der Waals surface area contributed by atoms with E-state index in [1.807, 2.05) is 0 Å². The molecule has 1 aliphatic carbocycles. The molecule has 3 heteroatoms. The van der Waals surface area contributed by atoms with Gasteiger partial charge in [-0.3, -0.25) is 9.98 Å². The van der Waals surface area contributed by atoms with Gasteiger partial charge in [0.1, 0.15) is 6.67 Å². The van der Waals surface area contributed by atoms with Gasteiger partial charge in [-0.15, -0.1) is 0 Å². The molecule has 0 spiro atoms. The zero-order chi connectivity index (χ0) is 16.9. The van der Waals surface area contributed by atoms with Gasteiger partial charge in [-0.2, -0.15) is 0 Å². The monoisotopic (exact) mass is 331 g/mol. The Labute approximate surface area is 148 Å². The molecule has 3 nitrogen and oxygen atoms in total. The predicted molar refractivity (Wildman–Crippen MR) is 104 cm³/mol. The highest BCUT2D eigenvalue weighted by Gasteiger charge is 2.47. The Balaban J connectivity index is 1.80. The van der Waals surface area contributed by atoms with E-state index in [0.717, 1.165) is 42.2 Å². The normalized spacial score (nSPS) is 37.0. The summed E-state index contributed by atoms with van der Waals surface area (Å²) in [7, 11) is 0. The lowest BCUT2D eigenvalue weighted by molar-refractivity contribution is 0.224. The van der Waals surface area contributed by atoms with E-state index >= 15 is 0 Å². The third kappa shape index (κ3) is 4.09. The highest BCUT2D eigenvalue weighted by molar-refractivity contribution is 5.85. The van der Waals surface area contributed by atoms with Crippen molar-refractivity contribution in [3.8, 4) is 0 Å². The van der Waals surface area contributed by atoms with Crippen LogP contribution in [0.25, 0.3) is 0 Å². The van der Waals surface area contributed by atoms with Crippen LogP contribution in [0.5, 0.6) is 0 Å². The fraction of sp³-hybridized carbons (Fsp3) is 0.905. The van der Waals surface area contributed by atoms with Crippen molar-refractivity contribution in [1.82, 2.24) is 5.32 Å². The van der Waals surface area contributed by atoms with Crippen molar-refractivity contribution in [3.05, 3.63) is 0 Å². The summed E-state index contributed by atoms with van der Waals surface area (Å²) in [6.45, 7) is 7.88. The maximum absolute atomic E-state index is 4.82. The average molecular weight is 332 g/mol. The number of rotatable bonds is 4. The highest BCUT2D eigenvalue weighted by atomic mass is 15.0. The van der Waals surface area contributed by atoms with Crippen molar-refractivity contribution in [3.63, 3.8) is 0 Å².